The third-order valence-corrected chi connectivity index (χ3v) is 6.62. The predicted octanol–water partition coefficient (Wildman–Crippen LogP) is 4.30. The molecule has 1 aliphatic heterocycles. The van der Waals surface area contributed by atoms with Gasteiger partial charge in [-0.3, -0.25) is 9.69 Å². The van der Waals surface area contributed by atoms with Crippen molar-refractivity contribution in [2.75, 3.05) is 24.7 Å². The number of halogens is 1. The normalized spacial score (nSPS) is 17.8. The van der Waals surface area contributed by atoms with Crippen molar-refractivity contribution in [1.29, 1.82) is 0 Å². The van der Waals surface area contributed by atoms with E-state index in [1.807, 2.05) is 0 Å². The highest BCUT2D eigenvalue weighted by atomic mass is 32.2. The summed E-state index contributed by atoms with van der Waals surface area (Å²) in [5, 5.41) is 2.53. The van der Waals surface area contributed by atoms with E-state index in [1.165, 1.54) is 17.2 Å². The van der Waals surface area contributed by atoms with Gasteiger partial charge in [-0.15, -0.1) is 0 Å². The molecule has 0 spiro atoms. The van der Waals surface area contributed by atoms with Gasteiger partial charge in [0.05, 0.1) is 17.1 Å². The van der Waals surface area contributed by atoms with Crippen LogP contribution in [0.15, 0.2) is 47.4 Å². The Hall–Kier alpha value is -2.25. The van der Waals surface area contributed by atoms with Crippen LogP contribution in [0.4, 0.5) is 10.1 Å². The smallest absolute Gasteiger partial charge is 0.238 e. The molecule has 1 atom stereocenters. The first-order chi connectivity index (χ1) is 13.9. The molecule has 3 rings (SSSR count). The molecule has 1 aliphatic rings. The van der Waals surface area contributed by atoms with Crippen molar-refractivity contribution in [1.82, 2.24) is 4.90 Å². The van der Waals surface area contributed by atoms with Gasteiger partial charge in [0.25, 0.3) is 0 Å². The van der Waals surface area contributed by atoms with Crippen LogP contribution in [0.2, 0.25) is 0 Å². The molecule has 2 aromatic carbocycles. The fourth-order valence-corrected chi connectivity index (χ4v) is 4.45. The monoisotopic (exact) mass is 432 g/mol. The first-order valence-electron chi connectivity index (χ1n) is 10.1. The van der Waals surface area contributed by atoms with Crippen molar-refractivity contribution in [3.8, 4) is 0 Å². The summed E-state index contributed by atoms with van der Waals surface area (Å²) in [5.74, 6) is -1.02. The van der Waals surface area contributed by atoms with Gasteiger partial charge >= 0.3 is 0 Å². The maximum Gasteiger partial charge on any atom is 0.238 e. The van der Waals surface area contributed by atoms with Crippen molar-refractivity contribution in [2.24, 2.45) is 0 Å². The van der Waals surface area contributed by atoms with Crippen LogP contribution in [0.5, 0.6) is 0 Å². The van der Waals surface area contributed by atoms with E-state index in [9.17, 15) is 17.6 Å². The summed E-state index contributed by atoms with van der Waals surface area (Å²) in [4.78, 5) is 14.6. The molecule has 1 heterocycles. The van der Waals surface area contributed by atoms with Crippen LogP contribution in [-0.4, -0.2) is 38.6 Å². The summed E-state index contributed by atoms with van der Waals surface area (Å²) in [6.45, 7) is 7.42. The van der Waals surface area contributed by atoms with Crippen LogP contribution in [0.3, 0.4) is 0 Å². The number of nitrogens with zero attached hydrogens (tertiary/aromatic N) is 1. The minimum Gasteiger partial charge on any atom is -0.322 e. The quantitative estimate of drug-likeness (QED) is 0.716. The highest BCUT2D eigenvalue weighted by Crippen LogP contribution is 2.33. The molecule has 1 fully saturated rings. The zero-order valence-electron chi connectivity index (χ0n) is 17.9. The minimum atomic E-state index is -3.49. The molecule has 0 saturated carbocycles. The number of benzene rings is 2. The van der Waals surface area contributed by atoms with Gasteiger partial charge < -0.3 is 5.32 Å². The van der Waals surface area contributed by atoms with Crippen molar-refractivity contribution in [3.63, 3.8) is 0 Å². The molecule has 30 heavy (non-hydrogen) atoms. The van der Waals surface area contributed by atoms with Crippen LogP contribution in [0.25, 0.3) is 0 Å². The molecule has 0 aromatic heterocycles. The molecule has 0 unspecified atom stereocenters. The first kappa shape index (κ1) is 22.4. The van der Waals surface area contributed by atoms with Crippen LogP contribution in [0.1, 0.15) is 50.8 Å². The second kappa shape index (κ2) is 8.47. The zero-order valence-corrected chi connectivity index (χ0v) is 18.7. The molecule has 5 nitrogen and oxygen atoms in total. The van der Waals surface area contributed by atoms with Crippen LogP contribution in [-0.2, 0) is 20.0 Å². The number of sulfone groups is 1. The topological polar surface area (TPSA) is 66.5 Å². The van der Waals surface area contributed by atoms with Crippen LogP contribution in [0, 0.1) is 5.82 Å². The molecular formula is C23H29FN2O3S. The standard InChI is InChI=1S/C23H29FN2O3S/c1-23(2,3)17-9-7-16(8-10-17)21-6-5-13-26(21)15-22(27)25-20-14-18(30(4,28)29)11-12-19(20)24/h7-12,14,21H,5-6,13,15H2,1-4H3,(H,25,27)/t21-/m0/s1. The van der Waals surface area contributed by atoms with E-state index in [4.69, 9.17) is 0 Å². The molecule has 2 aromatic rings. The van der Waals surface area contributed by atoms with E-state index in [-0.39, 0.29) is 34.5 Å². The number of anilines is 1. The summed E-state index contributed by atoms with van der Waals surface area (Å²) in [6, 6.07) is 12.1. The molecule has 0 radical (unpaired) electrons. The third kappa shape index (κ3) is 5.26. The lowest BCUT2D eigenvalue weighted by molar-refractivity contribution is -0.117. The predicted molar refractivity (Wildman–Crippen MR) is 117 cm³/mol. The fraction of sp³-hybridized carbons (Fsp3) is 0.435. The zero-order chi connectivity index (χ0) is 22.1. The van der Waals surface area contributed by atoms with Gasteiger partial charge in [0, 0.05) is 12.3 Å². The van der Waals surface area contributed by atoms with E-state index in [0.717, 1.165) is 37.8 Å². The van der Waals surface area contributed by atoms with Gasteiger partial charge in [-0.25, -0.2) is 12.8 Å². The Bertz CT molecular complexity index is 1030. The Morgan fingerprint density at radius 2 is 1.83 bits per heavy atom. The maximum absolute atomic E-state index is 14.1. The largest absolute Gasteiger partial charge is 0.322 e. The van der Waals surface area contributed by atoms with Crippen molar-refractivity contribution in [3.05, 3.63) is 59.4 Å². The molecule has 1 saturated heterocycles. The van der Waals surface area contributed by atoms with E-state index >= 15 is 0 Å². The average molecular weight is 433 g/mol. The van der Waals surface area contributed by atoms with Gasteiger partial charge in [0.2, 0.25) is 5.91 Å². The lowest BCUT2D eigenvalue weighted by Crippen LogP contribution is -2.33. The van der Waals surface area contributed by atoms with Gasteiger partial charge in [-0.2, -0.15) is 0 Å². The van der Waals surface area contributed by atoms with Gasteiger partial charge in [0.15, 0.2) is 9.84 Å². The van der Waals surface area contributed by atoms with Gasteiger partial charge in [0.1, 0.15) is 5.82 Å². The second-order valence-corrected chi connectivity index (χ2v) is 11.0. The third-order valence-electron chi connectivity index (χ3n) is 5.51. The fourth-order valence-electron chi connectivity index (χ4n) is 3.80. The van der Waals surface area contributed by atoms with Crippen molar-refractivity contribution < 1.29 is 17.6 Å². The van der Waals surface area contributed by atoms with Crippen LogP contribution < -0.4 is 5.32 Å². The van der Waals surface area contributed by atoms with E-state index in [2.05, 4.69) is 55.3 Å². The van der Waals surface area contributed by atoms with Crippen molar-refractivity contribution in [2.45, 2.75) is 50.0 Å². The molecule has 0 bridgehead atoms. The lowest BCUT2D eigenvalue weighted by atomic mass is 9.86. The Balaban J connectivity index is 1.71. The Kier molecular flexibility index (Phi) is 6.34. The van der Waals surface area contributed by atoms with Gasteiger partial charge in [-0.05, 0) is 54.1 Å². The van der Waals surface area contributed by atoms with E-state index in [0.29, 0.717) is 0 Å². The summed E-state index contributed by atoms with van der Waals surface area (Å²) in [7, 11) is -3.49. The number of likely N-dealkylation sites (tertiary alicyclic amines) is 1. The molecule has 0 aliphatic carbocycles. The highest BCUT2D eigenvalue weighted by molar-refractivity contribution is 7.90. The SMILES string of the molecule is CC(C)(C)c1ccc([C@@H]2CCCN2CC(=O)Nc2cc(S(C)(=O)=O)ccc2F)cc1. The molecular weight excluding hydrogens is 403 g/mol. The number of nitrogens with one attached hydrogen (secondary N) is 1. The lowest BCUT2D eigenvalue weighted by Gasteiger charge is -2.25. The molecule has 1 N–H and O–H groups in total. The summed E-state index contributed by atoms with van der Waals surface area (Å²) >= 11 is 0. The summed E-state index contributed by atoms with van der Waals surface area (Å²) < 4.78 is 37.5. The van der Waals surface area contributed by atoms with Crippen molar-refractivity contribution >= 4 is 21.4 Å². The number of rotatable bonds is 5. The number of hydrogen-bond acceptors (Lipinski definition) is 4. The summed E-state index contributed by atoms with van der Waals surface area (Å²) in [5.41, 5.74) is 2.39. The maximum atomic E-state index is 14.1. The number of hydrogen-bond donors (Lipinski definition) is 1. The Morgan fingerprint density at radius 1 is 1.17 bits per heavy atom. The van der Waals surface area contributed by atoms with Crippen LogP contribution >= 0.6 is 0 Å². The Morgan fingerprint density at radius 3 is 2.43 bits per heavy atom. The molecule has 162 valence electrons. The average Bonchev–Trinajstić information content (AvgIpc) is 3.10. The minimum absolute atomic E-state index is 0.0304. The van der Waals surface area contributed by atoms with E-state index < -0.39 is 15.7 Å². The Labute approximate surface area is 178 Å². The van der Waals surface area contributed by atoms with E-state index in [1.54, 1.807) is 0 Å². The molecule has 1 amide bonds. The van der Waals surface area contributed by atoms with Gasteiger partial charge in [-0.1, -0.05) is 45.0 Å². The number of carbonyl (C=O) groups is 1. The highest BCUT2D eigenvalue weighted by Gasteiger charge is 2.28. The number of carbonyl (C=O) groups excluding carboxylic acids is 1. The molecule has 7 heteroatoms. The second-order valence-electron chi connectivity index (χ2n) is 8.96. The summed E-state index contributed by atoms with van der Waals surface area (Å²) in [6.07, 6.45) is 2.99. The number of amides is 1. The first-order valence-corrected chi connectivity index (χ1v) is 12.0.